The van der Waals surface area contributed by atoms with Gasteiger partial charge in [0.15, 0.2) is 5.43 Å². The van der Waals surface area contributed by atoms with Crippen molar-refractivity contribution in [3.63, 3.8) is 0 Å². The molecule has 0 unspecified atom stereocenters. The van der Waals surface area contributed by atoms with Crippen molar-refractivity contribution in [3.05, 3.63) is 33.2 Å². The molecule has 1 aromatic rings. The number of H-pyrrole nitrogens is 1. The molecule has 1 rings (SSSR count). The summed E-state index contributed by atoms with van der Waals surface area (Å²) in [5, 5.41) is 8.57. The molecule has 8 heteroatoms. The Balaban J connectivity index is 3.54. The Morgan fingerprint density at radius 1 is 1.38 bits per heavy atom. The van der Waals surface area contributed by atoms with Crippen LogP contribution in [0.3, 0.4) is 0 Å². The average Bonchev–Trinajstić information content (AvgIpc) is 2.15. The van der Waals surface area contributed by atoms with E-state index in [2.05, 4.69) is 0 Å². The van der Waals surface area contributed by atoms with Crippen LogP contribution in [0.25, 0.3) is 0 Å². The number of hydrogen-bond acceptors (Lipinski definition) is 2. The van der Waals surface area contributed by atoms with Crippen LogP contribution >= 0.6 is 0 Å². The van der Waals surface area contributed by atoms with E-state index in [0.717, 1.165) is 0 Å². The monoisotopic (exact) mass is 243 g/mol. The second-order valence-corrected chi connectivity index (χ2v) is 2.89. The summed E-state index contributed by atoms with van der Waals surface area (Å²) in [6, 6.07) is 0. The lowest BCUT2D eigenvalue weighted by molar-refractivity contribution is -0.143. The predicted molar refractivity (Wildman–Crippen MR) is 42.9 cm³/mol. The van der Waals surface area contributed by atoms with Crippen LogP contribution in [0.2, 0.25) is 0 Å². The predicted octanol–water partition coefficient (Wildman–Crippen LogP) is 1.82. The van der Waals surface area contributed by atoms with Crippen LogP contribution in [0.1, 0.15) is 23.2 Å². The summed E-state index contributed by atoms with van der Waals surface area (Å²) < 4.78 is 61.4. The Morgan fingerprint density at radius 3 is 2.31 bits per heavy atom. The van der Waals surface area contributed by atoms with E-state index < -0.39 is 41.5 Å². The van der Waals surface area contributed by atoms with Crippen molar-refractivity contribution in [1.82, 2.24) is 4.98 Å². The molecule has 2 N–H and O–H groups in total. The van der Waals surface area contributed by atoms with Gasteiger partial charge in [0.25, 0.3) is 6.43 Å². The average molecular weight is 243 g/mol. The molecular weight excluding hydrogens is 237 g/mol. The molecule has 0 amide bonds. The third-order valence-electron chi connectivity index (χ3n) is 1.87. The zero-order valence-electron chi connectivity index (χ0n) is 7.61. The molecule has 0 aliphatic carbocycles. The van der Waals surface area contributed by atoms with Crippen molar-refractivity contribution in [2.45, 2.75) is 19.2 Å². The highest BCUT2D eigenvalue weighted by molar-refractivity contribution is 5.28. The summed E-state index contributed by atoms with van der Waals surface area (Å²) in [5.41, 5.74) is -5.49. The topological polar surface area (TPSA) is 53.1 Å². The Kier molecular flexibility index (Phi) is 3.32. The summed E-state index contributed by atoms with van der Waals surface area (Å²) in [7, 11) is 0. The zero-order valence-corrected chi connectivity index (χ0v) is 7.61. The molecule has 0 aromatic carbocycles. The van der Waals surface area contributed by atoms with E-state index in [-0.39, 0.29) is 0 Å². The number of alkyl halides is 5. The van der Waals surface area contributed by atoms with E-state index in [0.29, 0.717) is 6.20 Å². The van der Waals surface area contributed by atoms with Gasteiger partial charge in [-0.2, -0.15) is 13.2 Å². The van der Waals surface area contributed by atoms with Crippen molar-refractivity contribution in [2.24, 2.45) is 0 Å². The lowest BCUT2D eigenvalue weighted by Gasteiger charge is -2.12. The molecule has 0 aliphatic heterocycles. The van der Waals surface area contributed by atoms with Gasteiger partial charge in [0, 0.05) is 11.8 Å². The molecule has 0 radical (unpaired) electrons. The van der Waals surface area contributed by atoms with Crippen molar-refractivity contribution < 1.29 is 27.1 Å². The summed E-state index contributed by atoms with van der Waals surface area (Å²) in [4.78, 5) is 12.7. The fraction of sp³-hybridized carbons (Fsp3) is 0.375. The van der Waals surface area contributed by atoms with Crippen molar-refractivity contribution in [3.8, 4) is 0 Å². The first-order valence-electron chi connectivity index (χ1n) is 3.99. The second-order valence-electron chi connectivity index (χ2n) is 2.89. The Hall–Kier alpha value is -1.44. The van der Waals surface area contributed by atoms with Crippen molar-refractivity contribution >= 4 is 0 Å². The Bertz CT molecular complexity index is 437. The Labute approximate surface area is 85.5 Å². The molecule has 0 saturated heterocycles. The number of halogens is 5. The van der Waals surface area contributed by atoms with E-state index in [4.69, 9.17) is 5.11 Å². The van der Waals surface area contributed by atoms with Crippen LogP contribution in [0.15, 0.2) is 11.0 Å². The maximum atomic E-state index is 12.3. The number of aromatic amines is 1. The molecule has 0 atom stereocenters. The molecule has 16 heavy (non-hydrogen) atoms. The van der Waals surface area contributed by atoms with Crippen molar-refractivity contribution in [2.75, 3.05) is 0 Å². The number of aliphatic hydroxyl groups is 1. The van der Waals surface area contributed by atoms with Crippen LogP contribution in [0, 0.1) is 0 Å². The van der Waals surface area contributed by atoms with Gasteiger partial charge >= 0.3 is 6.18 Å². The van der Waals surface area contributed by atoms with Crippen LogP contribution in [0.4, 0.5) is 22.0 Å². The fourth-order valence-corrected chi connectivity index (χ4v) is 1.15. The first-order chi connectivity index (χ1) is 7.29. The number of pyridine rings is 1. The molecule has 0 aliphatic rings. The lowest BCUT2D eigenvalue weighted by Crippen LogP contribution is -2.23. The number of aliphatic hydroxyl groups excluding tert-OH is 1. The first kappa shape index (κ1) is 12.6. The minimum atomic E-state index is -5.07. The molecule has 90 valence electrons. The molecule has 3 nitrogen and oxygen atoms in total. The largest absolute Gasteiger partial charge is 0.431 e. The molecule has 1 heterocycles. The summed E-state index contributed by atoms with van der Waals surface area (Å²) in [5.74, 6) is 0. The lowest BCUT2D eigenvalue weighted by atomic mass is 10.1. The third-order valence-corrected chi connectivity index (χ3v) is 1.87. The van der Waals surface area contributed by atoms with Gasteiger partial charge < -0.3 is 10.1 Å². The van der Waals surface area contributed by atoms with Crippen LogP contribution < -0.4 is 5.43 Å². The number of hydrogen-bond donors (Lipinski definition) is 2. The van der Waals surface area contributed by atoms with E-state index in [1.54, 1.807) is 4.98 Å². The van der Waals surface area contributed by atoms with E-state index >= 15 is 0 Å². The quantitative estimate of drug-likeness (QED) is 0.778. The third kappa shape index (κ3) is 2.21. The normalized spacial score (nSPS) is 12.2. The molecule has 0 fully saturated rings. The van der Waals surface area contributed by atoms with Crippen molar-refractivity contribution in [1.29, 1.82) is 0 Å². The van der Waals surface area contributed by atoms with Gasteiger partial charge in [-0.1, -0.05) is 0 Å². The fourth-order valence-electron chi connectivity index (χ4n) is 1.15. The summed E-state index contributed by atoms with van der Waals surface area (Å²) in [6.45, 7) is -0.910. The van der Waals surface area contributed by atoms with Gasteiger partial charge in [0.05, 0.1) is 12.2 Å². The number of nitrogens with one attached hydrogen (secondary N) is 1. The zero-order chi connectivity index (χ0) is 12.5. The van der Waals surface area contributed by atoms with E-state index in [9.17, 15) is 26.7 Å². The second kappa shape index (κ2) is 4.20. The summed E-state index contributed by atoms with van der Waals surface area (Å²) >= 11 is 0. The SMILES string of the molecule is O=c1c(CO)c[nH]c(C(F)(F)F)c1C(F)F. The van der Waals surface area contributed by atoms with Gasteiger partial charge in [-0.15, -0.1) is 0 Å². The van der Waals surface area contributed by atoms with Gasteiger partial charge in [-0.05, 0) is 0 Å². The van der Waals surface area contributed by atoms with Gasteiger partial charge in [0.1, 0.15) is 5.69 Å². The highest BCUT2D eigenvalue weighted by Gasteiger charge is 2.38. The highest BCUT2D eigenvalue weighted by atomic mass is 19.4. The first-order valence-corrected chi connectivity index (χ1v) is 3.99. The molecule has 0 bridgehead atoms. The minimum absolute atomic E-state index is 0.539. The smallest absolute Gasteiger partial charge is 0.391 e. The summed E-state index contributed by atoms with van der Waals surface area (Å²) in [6.07, 6.45) is -8.07. The highest BCUT2D eigenvalue weighted by Crippen LogP contribution is 2.33. The van der Waals surface area contributed by atoms with Gasteiger partial charge in [-0.25, -0.2) is 8.78 Å². The molecule has 0 spiro atoms. The maximum absolute atomic E-state index is 12.3. The number of rotatable bonds is 2. The maximum Gasteiger partial charge on any atom is 0.431 e. The Morgan fingerprint density at radius 2 is 1.94 bits per heavy atom. The molecule has 0 saturated carbocycles. The molecule has 1 aromatic heterocycles. The van der Waals surface area contributed by atoms with Gasteiger partial charge in [0.2, 0.25) is 0 Å². The van der Waals surface area contributed by atoms with Crippen LogP contribution in [-0.2, 0) is 12.8 Å². The van der Waals surface area contributed by atoms with E-state index in [1.165, 1.54) is 0 Å². The number of aromatic nitrogens is 1. The minimum Gasteiger partial charge on any atom is -0.391 e. The van der Waals surface area contributed by atoms with E-state index in [1.807, 2.05) is 0 Å². The molecular formula is C8H6F5NO2. The standard InChI is InChI=1S/C8H6F5NO2/c9-7(10)4-5(16)3(2-15)1-14-6(4)8(11,12)13/h1,7,15H,2H2,(H,14,16). The van der Waals surface area contributed by atoms with Gasteiger partial charge in [-0.3, -0.25) is 4.79 Å². The van der Waals surface area contributed by atoms with Crippen LogP contribution in [0.5, 0.6) is 0 Å². The van der Waals surface area contributed by atoms with Crippen LogP contribution in [-0.4, -0.2) is 10.1 Å².